The lowest BCUT2D eigenvalue weighted by atomic mass is 9.96. The van der Waals surface area contributed by atoms with E-state index in [4.69, 9.17) is 17.2 Å². The number of carbonyl (C=O) groups excluding carboxylic acids is 12. The van der Waals surface area contributed by atoms with Crippen molar-refractivity contribution in [1.82, 2.24) is 42.1 Å². The number of hydrogen-bond acceptors (Lipinski definition) is 18. The van der Waals surface area contributed by atoms with Crippen molar-refractivity contribution in [2.75, 3.05) is 31.7 Å². The fourth-order valence-corrected chi connectivity index (χ4v) is 10.6. The third-order valence-corrected chi connectivity index (χ3v) is 15.4. The van der Waals surface area contributed by atoms with Crippen molar-refractivity contribution in [3.63, 3.8) is 0 Å². The van der Waals surface area contributed by atoms with Gasteiger partial charge in [0.05, 0.1) is 20.1 Å². The zero-order chi connectivity index (χ0) is 55.7. The number of nitrogens with one attached hydrogen (secondary N) is 7. The number of aromatic hydroxyl groups is 1. The van der Waals surface area contributed by atoms with Crippen molar-refractivity contribution in [1.29, 1.82) is 0 Å². The number of ether oxygens (including phenoxy) is 1. The van der Waals surface area contributed by atoms with Gasteiger partial charge in [0.15, 0.2) is 0 Å². The fraction of sp³-hybridized carbons (Fsp3) is 0.600. The van der Waals surface area contributed by atoms with Crippen LogP contribution in [0.2, 0.25) is 0 Å². The molecular weight excluding hydrogens is 1050 g/mol. The molecule has 25 nitrogen and oxygen atoms in total. The third-order valence-electron chi connectivity index (χ3n) is 11.3. The van der Waals surface area contributed by atoms with Gasteiger partial charge in [-0.15, -0.1) is 0 Å². The molecule has 1 saturated heterocycles. The highest BCUT2D eigenvalue weighted by Crippen LogP contribution is 2.35. The molecule has 0 aromatic heterocycles. The molecule has 0 unspecified atom stereocenters. The van der Waals surface area contributed by atoms with Crippen molar-refractivity contribution < 1.29 is 67.4 Å². The van der Waals surface area contributed by atoms with Crippen LogP contribution in [0.15, 0.2) is 24.3 Å². The van der Waals surface area contributed by atoms with Crippen LogP contribution in [0, 0.1) is 11.8 Å². The second-order valence-electron chi connectivity index (χ2n) is 17.6. The molecule has 1 fully saturated rings. The Bertz CT molecular complexity index is 2160. The van der Waals surface area contributed by atoms with Crippen LogP contribution in [-0.4, -0.2) is 154 Å². The molecule has 0 aliphatic carbocycles. The van der Waals surface area contributed by atoms with E-state index in [1.807, 2.05) is 13.8 Å². The van der Waals surface area contributed by atoms with Gasteiger partial charge in [0, 0.05) is 48.1 Å². The minimum Gasteiger partial charge on any atom is -0.508 e. The second kappa shape index (κ2) is 33.1. The van der Waals surface area contributed by atoms with Gasteiger partial charge in [-0.3, -0.25) is 52.7 Å². The third kappa shape index (κ3) is 23.1. The smallest absolute Gasteiger partial charge is 0.378 e. The van der Waals surface area contributed by atoms with Gasteiger partial charge < -0.3 is 69.2 Å². The number of likely N-dealkylation sites (tertiary alicyclic amines) is 1. The average molecular weight is 1120 g/mol. The van der Waals surface area contributed by atoms with E-state index in [1.54, 1.807) is 13.8 Å². The maximum Gasteiger partial charge on any atom is 0.378 e. The predicted octanol–water partition coefficient (Wildman–Crippen LogP) is -1.21. The average Bonchev–Trinajstić information content (AvgIpc) is 3.84. The minimum atomic E-state index is -1.77. The van der Waals surface area contributed by atoms with Crippen LogP contribution in [-0.2, 0) is 63.9 Å². The number of amides is 11. The molecule has 11 amide bonds. The molecular formula is C45H69N11O14S4. The van der Waals surface area contributed by atoms with E-state index in [0.29, 0.717) is 18.4 Å². The summed E-state index contributed by atoms with van der Waals surface area (Å²) < 4.78 is 4.57. The minimum absolute atomic E-state index is 0.0450. The molecule has 74 heavy (non-hydrogen) atoms. The first-order valence-electron chi connectivity index (χ1n) is 23.6. The number of methoxy groups -OCH3 is 1. The Morgan fingerprint density at radius 2 is 1.38 bits per heavy atom. The molecule has 0 saturated carbocycles. The number of rotatable bonds is 32. The molecule has 0 radical (unpaired) electrons. The zero-order valence-corrected chi connectivity index (χ0v) is 45.1. The number of primary amides is 3. The largest absolute Gasteiger partial charge is 0.508 e. The van der Waals surface area contributed by atoms with Gasteiger partial charge >= 0.3 is 5.30 Å². The highest BCUT2D eigenvalue weighted by atomic mass is 33.5. The molecule has 0 bridgehead atoms. The molecule has 1 aromatic rings. The van der Waals surface area contributed by atoms with Crippen LogP contribution < -0.4 is 54.4 Å². The molecule has 1 aliphatic rings. The van der Waals surface area contributed by atoms with Gasteiger partial charge in [0.1, 0.15) is 48.0 Å². The summed E-state index contributed by atoms with van der Waals surface area (Å²) in [6.45, 7) is 6.61. The van der Waals surface area contributed by atoms with E-state index in [2.05, 4.69) is 54.6 Å². The number of benzene rings is 1. The van der Waals surface area contributed by atoms with Crippen molar-refractivity contribution in [3.05, 3.63) is 29.8 Å². The van der Waals surface area contributed by atoms with E-state index >= 15 is 0 Å². The normalized spacial score (nSPS) is 15.9. The topological polar surface area (TPSA) is 400 Å². The van der Waals surface area contributed by atoms with E-state index in [-0.39, 0.29) is 55.4 Å². The summed E-state index contributed by atoms with van der Waals surface area (Å²) in [5, 5.41) is 27.0. The first-order valence-corrected chi connectivity index (χ1v) is 27.9. The lowest BCUT2D eigenvalue weighted by molar-refractivity contribution is -0.142. The Labute approximate surface area is 445 Å². The lowest BCUT2D eigenvalue weighted by Crippen LogP contribution is -2.61. The summed E-state index contributed by atoms with van der Waals surface area (Å²) >= 11 is 4.24. The second-order valence-corrected chi connectivity index (χ2v) is 22.1. The van der Waals surface area contributed by atoms with Gasteiger partial charge in [-0.25, -0.2) is 4.79 Å². The maximum atomic E-state index is 14.2. The van der Waals surface area contributed by atoms with E-state index < -0.39 is 144 Å². The van der Waals surface area contributed by atoms with Crippen LogP contribution in [0.3, 0.4) is 0 Å². The highest BCUT2D eigenvalue weighted by molar-refractivity contribution is 9.12. The monoisotopic (exact) mass is 1120 g/mol. The van der Waals surface area contributed by atoms with Gasteiger partial charge in [0.25, 0.3) is 0 Å². The number of nitrogens with zero attached hydrogens (tertiary/aromatic N) is 1. The number of phenols is 1. The molecule has 1 heterocycles. The van der Waals surface area contributed by atoms with E-state index in [0.717, 1.165) is 20.6 Å². The first kappa shape index (κ1) is 64.2. The quantitative estimate of drug-likeness (QED) is 0.0174. The van der Waals surface area contributed by atoms with Crippen molar-refractivity contribution in [2.45, 2.75) is 128 Å². The fourth-order valence-electron chi connectivity index (χ4n) is 7.28. The number of hydrogen-bond donors (Lipinski definition) is 12. The number of carbonyl (C=O) groups is 12. The van der Waals surface area contributed by atoms with Gasteiger partial charge in [-0.2, -0.15) is 12.6 Å². The van der Waals surface area contributed by atoms with E-state index in [1.165, 1.54) is 47.1 Å². The molecule has 8 atom stereocenters. The molecule has 14 N–H and O–H groups in total. The van der Waals surface area contributed by atoms with Crippen LogP contribution in [0.25, 0.3) is 0 Å². The molecule has 412 valence electrons. The summed E-state index contributed by atoms with van der Waals surface area (Å²) in [6.07, 6.45) is -0.762. The Kier molecular flexibility index (Phi) is 28.7. The van der Waals surface area contributed by atoms with Crippen LogP contribution in [0.5, 0.6) is 5.75 Å². The highest BCUT2D eigenvalue weighted by Gasteiger charge is 2.40. The summed E-state index contributed by atoms with van der Waals surface area (Å²) in [6, 6.07) is -3.73. The SMILES string of the molecule is CC[C@H](C)[C@@H](NC(=O)[C@H](Cc1ccc(O)cc1)NC(=O)CCSSSC(=O)OC)C(=O)N[C@@H](CCC(N)=O)C(=O)N[C@@H](CC(N)=O)C(=O)N[C@H](CS)C(=O)N1CCC[C@H]1C(=O)N[C@@H](CC(C)C)C(=O)NCC(N)=O. The summed E-state index contributed by atoms with van der Waals surface area (Å²) in [5.41, 5.74) is 16.6. The summed E-state index contributed by atoms with van der Waals surface area (Å²) in [5.74, 6) is -10.0. The lowest BCUT2D eigenvalue weighted by Gasteiger charge is -2.30. The maximum absolute atomic E-state index is 14.2. The molecule has 29 heteroatoms. The van der Waals surface area contributed by atoms with Crippen LogP contribution >= 0.6 is 44.0 Å². The van der Waals surface area contributed by atoms with Gasteiger partial charge in [0.2, 0.25) is 65.0 Å². The Morgan fingerprint density at radius 1 is 0.757 bits per heavy atom. The summed E-state index contributed by atoms with van der Waals surface area (Å²) in [7, 11) is 4.37. The van der Waals surface area contributed by atoms with Crippen LogP contribution in [0.1, 0.15) is 84.6 Å². The Morgan fingerprint density at radius 3 is 1.96 bits per heavy atom. The van der Waals surface area contributed by atoms with E-state index in [9.17, 15) is 62.6 Å². The number of phenolic OH excluding ortho intramolecular Hbond substituents is 1. The van der Waals surface area contributed by atoms with Crippen molar-refractivity contribution in [2.24, 2.45) is 29.0 Å². The number of nitrogens with two attached hydrogens (primary N) is 3. The molecule has 2 rings (SSSR count). The Balaban J connectivity index is 2.33. The predicted molar refractivity (Wildman–Crippen MR) is 280 cm³/mol. The molecule has 1 aliphatic heterocycles. The standard InChI is InChI=1S/C45H69N11O14S4/c1-6-24(4)37(55-41(65)29(19-25-9-11-26(57)12-10-25)50-36(61)15-17-72-74-73-45(69)70-5)43(67)51-27(13-14-33(46)58)39(63)52-30(20-34(47)59)40(64)54-31(22-71)44(68)56-16-7-8-32(56)42(66)53-28(18-23(2)3)38(62)49-21-35(48)60/h9-12,23-24,27-32,37,57,71H,6-8,13-22H2,1-5H3,(H2,46,58)(H2,47,59)(H2,48,60)(H,49,62)(H,50,61)(H,51,67)(H,52,63)(H,53,66)(H,54,64)(H,55,65)/t24-,27-,28-,29-,30-,31+,32-,37+/m0/s1. The van der Waals surface area contributed by atoms with Crippen molar-refractivity contribution in [3.8, 4) is 5.75 Å². The van der Waals surface area contributed by atoms with Gasteiger partial charge in [-0.05, 0) is 65.0 Å². The Hall–Kier alpha value is -5.94. The van der Waals surface area contributed by atoms with Crippen LogP contribution in [0.4, 0.5) is 4.79 Å². The number of thiol groups is 1. The van der Waals surface area contributed by atoms with Gasteiger partial charge in [-0.1, -0.05) is 57.0 Å². The molecule has 0 spiro atoms. The first-order chi connectivity index (χ1) is 34.9. The molecule has 1 aromatic carbocycles. The summed E-state index contributed by atoms with van der Waals surface area (Å²) in [4.78, 5) is 158. The zero-order valence-electron chi connectivity index (χ0n) is 41.8. The van der Waals surface area contributed by atoms with Crippen molar-refractivity contribution >= 4 is 114 Å².